The van der Waals surface area contributed by atoms with Crippen molar-refractivity contribution >= 4 is 21.6 Å². The zero-order valence-electron chi connectivity index (χ0n) is 15.2. The van der Waals surface area contributed by atoms with E-state index in [2.05, 4.69) is 19.2 Å². The van der Waals surface area contributed by atoms with Gasteiger partial charge in [-0.3, -0.25) is 9.10 Å². The first-order valence-corrected chi connectivity index (χ1v) is 10.3. The SMILES string of the molecule is CCCC[C@@H](CC)CNC(=O)c1ccc(N(C)S(=O)(=O)CC)cc1. The minimum atomic E-state index is -3.29. The molecule has 0 aromatic heterocycles. The van der Waals surface area contributed by atoms with Crippen LogP contribution in [0.2, 0.25) is 0 Å². The van der Waals surface area contributed by atoms with E-state index in [1.54, 1.807) is 31.2 Å². The number of hydrogen-bond donors (Lipinski definition) is 1. The van der Waals surface area contributed by atoms with Gasteiger partial charge in [0.1, 0.15) is 0 Å². The molecule has 0 spiro atoms. The van der Waals surface area contributed by atoms with Crippen molar-refractivity contribution in [2.75, 3.05) is 23.7 Å². The molecule has 6 heteroatoms. The molecule has 0 radical (unpaired) electrons. The van der Waals surface area contributed by atoms with Crippen LogP contribution in [0.5, 0.6) is 0 Å². The fourth-order valence-electron chi connectivity index (χ4n) is 2.46. The maximum Gasteiger partial charge on any atom is 0.251 e. The molecule has 1 atom stereocenters. The molecule has 0 aliphatic carbocycles. The highest BCUT2D eigenvalue weighted by Gasteiger charge is 2.16. The standard InChI is InChI=1S/C18H30N2O3S/c1-5-8-9-15(6-2)14-19-18(21)16-10-12-17(13-11-16)20(4)24(22,23)7-3/h10-13,15H,5-9,14H2,1-4H3,(H,19,21)/t15-/m1/s1. The Labute approximate surface area is 146 Å². The molecule has 0 aliphatic heterocycles. The number of sulfonamides is 1. The fraction of sp³-hybridized carbons (Fsp3) is 0.611. The van der Waals surface area contributed by atoms with Crippen molar-refractivity contribution in [2.45, 2.75) is 46.5 Å². The van der Waals surface area contributed by atoms with E-state index in [4.69, 9.17) is 0 Å². The van der Waals surface area contributed by atoms with Gasteiger partial charge in [0.2, 0.25) is 10.0 Å². The number of carbonyl (C=O) groups is 1. The average Bonchev–Trinajstić information content (AvgIpc) is 2.61. The van der Waals surface area contributed by atoms with Gasteiger partial charge >= 0.3 is 0 Å². The zero-order chi connectivity index (χ0) is 18.2. The monoisotopic (exact) mass is 354 g/mol. The molecule has 5 nitrogen and oxygen atoms in total. The van der Waals surface area contributed by atoms with Crippen molar-refractivity contribution in [3.63, 3.8) is 0 Å². The Morgan fingerprint density at radius 1 is 1.17 bits per heavy atom. The summed E-state index contributed by atoms with van der Waals surface area (Å²) in [5.41, 5.74) is 1.11. The Morgan fingerprint density at radius 2 is 1.79 bits per heavy atom. The molecule has 136 valence electrons. The van der Waals surface area contributed by atoms with Crippen LogP contribution in [0.3, 0.4) is 0 Å². The van der Waals surface area contributed by atoms with Gasteiger partial charge in [-0.15, -0.1) is 0 Å². The number of unbranched alkanes of at least 4 members (excludes halogenated alkanes) is 1. The van der Waals surface area contributed by atoms with Gasteiger partial charge in [-0.2, -0.15) is 0 Å². The highest BCUT2D eigenvalue weighted by Crippen LogP contribution is 2.17. The minimum Gasteiger partial charge on any atom is -0.352 e. The number of benzene rings is 1. The predicted molar refractivity (Wildman–Crippen MR) is 99.9 cm³/mol. The molecule has 1 rings (SSSR count). The second-order valence-corrected chi connectivity index (χ2v) is 8.33. The molecule has 0 bridgehead atoms. The lowest BCUT2D eigenvalue weighted by atomic mass is 9.99. The summed E-state index contributed by atoms with van der Waals surface area (Å²) in [6.45, 7) is 6.60. The Hall–Kier alpha value is -1.56. The summed E-state index contributed by atoms with van der Waals surface area (Å²) in [7, 11) is -1.76. The summed E-state index contributed by atoms with van der Waals surface area (Å²) in [4.78, 5) is 12.2. The van der Waals surface area contributed by atoms with Crippen LogP contribution in [-0.4, -0.2) is 33.7 Å². The number of anilines is 1. The van der Waals surface area contributed by atoms with E-state index >= 15 is 0 Å². The van der Waals surface area contributed by atoms with Crippen molar-refractivity contribution in [3.8, 4) is 0 Å². The summed E-state index contributed by atoms with van der Waals surface area (Å²) >= 11 is 0. The van der Waals surface area contributed by atoms with Crippen molar-refractivity contribution < 1.29 is 13.2 Å². The van der Waals surface area contributed by atoms with E-state index in [9.17, 15) is 13.2 Å². The summed E-state index contributed by atoms with van der Waals surface area (Å²) in [5.74, 6) is 0.438. The van der Waals surface area contributed by atoms with Gasteiger partial charge in [0.15, 0.2) is 0 Å². The van der Waals surface area contributed by atoms with Gasteiger partial charge in [-0.05, 0) is 43.5 Å². The highest BCUT2D eigenvalue weighted by molar-refractivity contribution is 7.92. The third kappa shape index (κ3) is 5.82. The minimum absolute atomic E-state index is 0.0436. The Kier molecular flexibility index (Phi) is 8.25. The van der Waals surface area contributed by atoms with Gasteiger partial charge in [0, 0.05) is 19.2 Å². The van der Waals surface area contributed by atoms with Crippen molar-refractivity contribution in [1.82, 2.24) is 5.32 Å². The van der Waals surface area contributed by atoms with Crippen molar-refractivity contribution in [2.24, 2.45) is 5.92 Å². The Bertz CT molecular complexity index is 612. The number of amides is 1. The van der Waals surface area contributed by atoms with Crippen LogP contribution in [0.25, 0.3) is 0 Å². The normalized spacial score (nSPS) is 12.7. The zero-order valence-corrected chi connectivity index (χ0v) is 16.0. The number of nitrogens with zero attached hydrogens (tertiary/aromatic N) is 1. The molecule has 1 aromatic rings. The van der Waals surface area contributed by atoms with Crippen LogP contribution in [0.15, 0.2) is 24.3 Å². The summed E-state index contributed by atoms with van der Waals surface area (Å²) in [5, 5.41) is 2.98. The van der Waals surface area contributed by atoms with Crippen LogP contribution in [0, 0.1) is 5.92 Å². The molecule has 0 saturated heterocycles. The first kappa shape index (κ1) is 20.5. The van der Waals surface area contributed by atoms with Crippen LogP contribution in [-0.2, 0) is 10.0 Å². The van der Waals surface area contributed by atoms with E-state index in [1.165, 1.54) is 24.2 Å². The fourth-order valence-corrected chi connectivity index (χ4v) is 3.29. The summed E-state index contributed by atoms with van der Waals surface area (Å²) < 4.78 is 25.0. The molecule has 1 N–H and O–H groups in total. The van der Waals surface area contributed by atoms with Gasteiger partial charge in [0.25, 0.3) is 5.91 Å². The smallest absolute Gasteiger partial charge is 0.251 e. The number of carbonyl (C=O) groups excluding carboxylic acids is 1. The molecule has 0 fully saturated rings. The second-order valence-electron chi connectivity index (χ2n) is 6.04. The van der Waals surface area contributed by atoms with Crippen molar-refractivity contribution in [1.29, 1.82) is 0 Å². The lowest BCUT2D eigenvalue weighted by Crippen LogP contribution is -2.30. The Morgan fingerprint density at radius 3 is 2.29 bits per heavy atom. The maximum atomic E-state index is 12.2. The van der Waals surface area contributed by atoms with Gasteiger partial charge < -0.3 is 5.32 Å². The van der Waals surface area contributed by atoms with E-state index in [1.807, 2.05) is 0 Å². The average molecular weight is 355 g/mol. The molecule has 0 aliphatic rings. The molecule has 0 unspecified atom stereocenters. The van der Waals surface area contributed by atoms with E-state index in [0.717, 1.165) is 12.8 Å². The van der Waals surface area contributed by atoms with Crippen molar-refractivity contribution in [3.05, 3.63) is 29.8 Å². The van der Waals surface area contributed by atoms with Crippen LogP contribution < -0.4 is 9.62 Å². The first-order valence-electron chi connectivity index (χ1n) is 8.70. The molecular formula is C18H30N2O3S. The van der Waals surface area contributed by atoms with E-state index < -0.39 is 10.0 Å². The quantitative estimate of drug-likeness (QED) is 0.700. The van der Waals surface area contributed by atoms with E-state index in [-0.39, 0.29) is 11.7 Å². The molecule has 1 aromatic carbocycles. The number of nitrogens with one attached hydrogen (secondary N) is 1. The third-order valence-electron chi connectivity index (χ3n) is 4.37. The topological polar surface area (TPSA) is 66.5 Å². The molecular weight excluding hydrogens is 324 g/mol. The number of hydrogen-bond acceptors (Lipinski definition) is 3. The van der Waals surface area contributed by atoms with E-state index in [0.29, 0.717) is 23.7 Å². The second kappa shape index (κ2) is 9.67. The molecule has 0 saturated carbocycles. The Balaban J connectivity index is 2.67. The first-order chi connectivity index (χ1) is 11.4. The van der Waals surface area contributed by atoms with Gasteiger partial charge in [-0.1, -0.05) is 33.1 Å². The third-order valence-corrected chi connectivity index (χ3v) is 6.14. The van der Waals surface area contributed by atoms with Crippen LogP contribution in [0.1, 0.15) is 56.8 Å². The molecule has 24 heavy (non-hydrogen) atoms. The lowest BCUT2D eigenvalue weighted by molar-refractivity contribution is 0.0946. The van der Waals surface area contributed by atoms with Gasteiger partial charge in [0.05, 0.1) is 11.4 Å². The van der Waals surface area contributed by atoms with Gasteiger partial charge in [-0.25, -0.2) is 8.42 Å². The lowest BCUT2D eigenvalue weighted by Gasteiger charge is -2.19. The molecule has 0 heterocycles. The number of rotatable bonds is 10. The summed E-state index contributed by atoms with van der Waals surface area (Å²) in [6, 6.07) is 6.66. The maximum absolute atomic E-state index is 12.2. The van der Waals surface area contributed by atoms with Crippen LogP contribution in [0.4, 0.5) is 5.69 Å². The van der Waals surface area contributed by atoms with Crippen LogP contribution >= 0.6 is 0 Å². The molecule has 1 amide bonds. The largest absolute Gasteiger partial charge is 0.352 e. The summed E-state index contributed by atoms with van der Waals surface area (Å²) in [6.07, 6.45) is 4.53. The highest BCUT2D eigenvalue weighted by atomic mass is 32.2. The predicted octanol–water partition coefficient (Wildman–Crippen LogP) is 3.42.